The van der Waals surface area contributed by atoms with Gasteiger partial charge in [0.15, 0.2) is 0 Å². The molecule has 100 valence electrons. The summed E-state index contributed by atoms with van der Waals surface area (Å²) in [7, 11) is 0. The average molecular weight is 258 g/mol. The van der Waals surface area contributed by atoms with E-state index in [0.29, 0.717) is 0 Å². The predicted octanol–water partition coefficient (Wildman–Crippen LogP) is 1.98. The number of aromatic nitrogens is 3. The topological polar surface area (TPSA) is 55.1 Å². The van der Waals surface area contributed by atoms with E-state index in [1.807, 2.05) is 6.20 Å². The number of aryl methyl sites for hydroxylation is 1. The van der Waals surface area contributed by atoms with Gasteiger partial charge in [-0.05, 0) is 6.42 Å². The highest BCUT2D eigenvalue weighted by Gasteiger charge is 2.19. The molecule has 0 radical (unpaired) electrons. The number of oxazole rings is 1. The zero-order valence-corrected chi connectivity index (χ0v) is 11.2. The van der Waals surface area contributed by atoms with Crippen LogP contribution in [0.5, 0.6) is 0 Å². The van der Waals surface area contributed by atoms with E-state index in [-0.39, 0.29) is 0 Å². The van der Waals surface area contributed by atoms with Crippen LogP contribution in [0.1, 0.15) is 36.3 Å². The Morgan fingerprint density at radius 2 is 2.32 bits per heavy atom. The van der Waals surface area contributed by atoms with E-state index in [2.05, 4.69) is 26.8 Å². The second-order valence-electron chi connectivity index (χ2n) is 4.89. The highest BCUT2D eigenvalue weighted by atomic mass is 16.3. The van der Waals surface area contributed by atoms with E-state index in [4.69, 9.17) is 4.42 Å². The number of rotatable bonds is 4. The van der Waals surface area contributed by atoms with Crippen molar-refractivity contribution in [3.05, 3.63) is 41.6 Å². The molecule has 0 bridgehead atoms. The smallest absolute Gasteiger partial charge is 0.208 e. The minimum Gasteiger partial charge on any atom is -0.448 e. The van der Waals surface area contributed by atoms with Crippen molar-refractivity contribution in [3.8, 4) is 0 Å². The van der Waals surface area contributed by atoms with Gasteiger partial charge in [0, 0.05) is 43.4 Å². The van der Waals surface area contributed by atoms with Gasteiger partial charge in [0.2, 0.25) is 5.89 Å². The quantitative estimate of drug-likeness (QED) is 0.839. The maximum atomic E-state index is 5.29. The van der Waals surface area contributed by atoms with Gasteiger partial charge in [-0.15, -0.1) is 0 Å². The highest BCUT2D eigenvalue weighted by Crippen LogP contribution is 2.18. The maximum absolute atomic E-state index is 5.29. The summed E-state index contributed by atoms with van der Waals surface area (Å²) in [6.45, 7) is 4.78. The summed E-state index contributed by atoms with van der Waals surface area (Å²) in [6, 6.07) is 0. The number of fused-ring (bicyclic) bond motifs is 1. The Labute approximate surface area is 112 Å². The molecule has 0 aliphatic carbocycles. The minimum atomic E-state index is 0.753. The van der Waals surface area contributed by atoms with Gasteiger partial charge in [-0.1, -0.05) is 6.92 Å². The lowest BCUT2D eigenvalue weighted by Crippen LogP contribution is -2.31. The third kappa shape index (κ3) is 2.81. The van der Waals surface area contributed by atoms with Crippen LogP contribution < -0.4 is 0 Å². The lowest BCUT2D eigenvalue weighted by atomic mass is 10.1. The third-order valence-electron chi connectivity index (χ3n) is 3.38. The van der Waals surface area contributed by atoms with E-state index in [1.54, 1.807) is 12.5 Å². The second-order valence-corrected chi connectivity index (χ2v) is 4.89. The zero-order chi connectivity index (χ0) is 13.1. The fourth-order valence-corrected chi connectivity index (χ4v) is 2.42. The van der Waals surface area contributed by atoms with Crippen LogP contribution >= 0.6 is 0 Å². The van der Waals surface area contributed by atoms with Gasteiger partial charge in [0.25, 0.3) is 0 Å². The van der Waals surface area contributed by atoms with Crippen molar-refractivity contribution in [1.29, 1.82) is 0 Å². The van der Waals surface area contributed by atoms with Gasteiger partial charge in [-0.25, -0.2) is 15.0 Å². The first-order valence-corrected chi connectivity index (χ1v) is 6.79. The van der Waals surface area contributed by atoms with Crippen molar-refractivity contribution in [3.63, 3.8) is 0 Å². The normalized spacial score (nSPS) is 15.4. The summed E-state index contributed by atoms with van der Waals surface area (Å²) in [5.74, 6) is 1.74. The van der Waals surface area contributed by atoms with E-state index in [0.717, 1.165) is 50.6 Å². The Bertz CT molecular complexity index is 538. The fraction of sp³-hybridized carbons (Fsp3) is 0.500. The summed E-state index contributed by atoms with van der Waals surface area (Å²) >= 11 is 0. The third-order valence-corrected chi connectivity index (χ3v) is 3.38. The van der Waals surface area contributed by atoms with E-state index >= 15 is 0 Å². The molecule has 2 aromatic heterocycles. The molecule has 19 heavy (non-hydrogen) atoms. The van der Waals surface area contributed by atoms with Gasteiger partial charge in [-0.2, -0.15) is 0 Å². The van der Waals surface area contributed by atoms with Gasteiger partial charge >= 0.3 is 0 Å². The summed E-state index contributed by atoms with van der Waals surface area (Å²) < 4.78 is 5.29. The lowest BCUT2D eigenvalue weighted by molar-refractivity contribution is 0.219. The first-order valence-electron chi connectivity index (χ1n) is 6.79. The Morgan fingerprint density at radius 3 is 3.11 bits per heavy atom. The van der Waals surface area contributed by atoms with Gasteiger partial charge in [0.1, 0.15) is 12.1 Å². The molecule has 0 atom stereocenters. The van der Waals surface area contributed by atoms with Crippen LogP contribution in [0.3, 0.4) is 0 Å². The molecular formula is C14H18N4O. The molecule has 5 nitrogen and oxygen atoms in total. The SMILES string of the molecule is CCCc1ncc2c(n1)CCN(Cc1ncco1)C2. The van der Waals surface area contributed by atoms with Crippen LogP contribution in [0.2, 0.25) is 0 Å². The molecule has 0 fully saturated rings. The molecule has 5 heteroatoms. The summed E-state index contributed by atoms with van der Waals surface area (Å²) in [5, 5.41) is 0. The van der Waals surface area contributed by atoms with Crippen molar-refractivity contribution in [2.45, 2.75) is 39.3 Å². The fourth-order valence-electron chi connectivity index (χ4n) is 2.42. The molecule has 0 saturated heterocycles. The molecule has 0 N–H and O–H groups in total. The molecule has 3 rings (SSSR count). The molecule has 0 unspecified atom stereocenters. The van der Waals surface area contributed by atoms with Crippen molar-refractivity contribution in [2.24, 2.45) is 0 Å². The van der Waals surface area contributed by atoms with Crippen molar-refractivity contribution in [2.75, 3.05) is 6.54 Å². The standard InChI is InChI=1S/C14H18N4O/c1-2-3-13-16-8-11-9-18(6-4-12(11)17-13)10-14-15-5-7-19-14/h5,7-8H,2-4,6,9-10H2,1H3. The number of hydrogen-bond acceptors (Lipinski definition) is 5. The molecule has 1 aliphatic rings. The second kappa shape index (κ2) is 5.48. The first kappa shape index (κ1) is 12.3. The van der Waals surface area contributed by atoms with Crippen molar-refractivity contribution in [1.82, 2.24) is 19.9 Å². The largest absolute Gasteiger partial charge is 0.448 e. The molecular weight excluding hydrogens is 240 g/mol. The summed E-state index contributed by atoms with van der Waals surface area (Å²) in [5.41, 5.74) is 2.44. The molecule has 0 spiro atoms. The van der Waals surface area contributed by atoms with Crippen LogP contribution in [0, 0.1) is 0 Å². The number of hydrogen-bond donors (Lipinski definition) is 0. The molecule has 3 heterocycles. The van der Waals surface area contributed by atoms with Crippen molar-refractivity contribution >= 4 is 0 Å². The maximum Gasteiger partial charge on any atom is 0.208 e. The van der Waals surface area contributed by atoms with E-state index in [9.17, 15) is 0 Å². The highest BCUT2D eigenvalue weighted by molar-refractivity contribution is 5.20. The lowest BCUT2D eigenvalue weighted by Gasteiger charge is -2.26. The number of nitrogens with zero attached hydrogens (tertiary/aromatic N) is 4. The Hall–Kier alpha value is -1.75. The molecule has 0 aromatic carbocycles. The van der Waals surface area contributed by atoms with E-state index in [1.165, 1.54) is 11.3 Å². The van der Waals surface area contributed by atoms with Gasteiger partial charge in [0.05, 0.1) is 12.7 Å². The molecule has 1 aliphatic heterocycles. The Morgan fingerprint density at radius 1 is 1.37 bits per heavy atom. The van der Waals surface area contributed by atoms with Crippen molar-refractivity contribution < 1.29 is 4.42 Å². The van der Waals surface area contributed by atoms with Crippen LogP contribution in [-0.4, -0.2) is 26.4 Å². The zero-order valence-electron chi connectivity index (χ0n) is 11.2. The predicted molar refractivity (Wildman–Crippen MR) is 70.3 cm³/mol. The monoisotopic (exact) mass is 258 g/mol. The van der Waals surface area contributed by atoms with E-state index < -0.39 is 0 Å². The van der Waals surface area contributed by atoms with Gasteiger partial charge in [-0.3, -0.25) is 4.90 Å². The van der Waals surface area contributed by atoms with Gasteiger partial charge < -0.3 is 4.42 Å². The molecule has 0 saturated carbocycles. The van der Waals surface area contributed by atoms with Crippen LogP contribution in [0.25, 0.3) is 0 Å². The Balaban J connectivity index is 1.70. The summed E-state index contributed by atoms with van der Waals surface area (Å²) in [4.78, 5) is 15.6. The average Bonchev–Trinajstić information content (AvgIpc) is 2.92. The molecule has 0 amide bonds. The summed E-state index contributed by atoms with van der Waals surface area (Å²) in [6.07, 6.45) is 8.33. The first-order chi connectivity index (χ1) is 9.35. The van der Waals surface area contributed by atoms with Crippen LogP contribution in [-0.2, 0) is 25.9 Å². The van der Waals surface area contributed by atoms with Crippen LogP contribution in [0.4, 0.5) is 0 Å². The van der Waals surface area contributed by atoms with Crippen LogP contribution in [0.15, 0.2) is 23.1 Å². The minimum absolute atomic E-state index is 0.753. The molecule has 2 aromatic rings. The Kier molecular flexibility index (Phi) is 3.55.